The molecule has 8 heterocycles. The molecular formula is C53H52F2N10O7. The lowest BCUT2D eigenvalue weighted by Gasteiger charge is -2.35. The van der Waals surface area contributed by atoms with Gasteiger partial charge in [0.05, 0.1) is 27.6 Å². The van der Waals surface area contributed by atoms with Gasteiger partial charge in [0.15, 0.2) is 5.82 Å². The molecule has 6 aliphatic rings. The summed E-state index contributed by atoms with van der Waals surface area (Å²) in [7, 11) is 1.65. The highest BCUT2D eigenvalue weighted by atomic mass is 19.1. The Morgan fingerprint density at radius 2 is 1.81 bits per heavy atom. The van der Waals surface area contributed by atoms with Crippen LogP contribution in [0.15, 0.2) is 66.9 Å². The number of aromatic nitrogens is 3. The van der Waals surface area contributed by atoms with Gasteiger partial charge in [-0.05, 0) is 68.5 Å². The fraction of sp³-hybridized carbons (Fsp3) is 0.396. The summed E-state index contributed by atoms with van der Waals surface area (Å²) in [4.78, 5) is 85.5. The molecule has 5 atom stereocenters. The van der Waals surface area contributed by atoms with Crippen LogP contribution in [0.5, 0.6) is 6.01 Å². The first-order valence-corrected chi connectivity index (χ1v) is 24.4. The Kier molecular flexibility index (Phi) is 12.1. The number of imide groups is 2. The molecule has 2 aromatic heterocycles. The van der Waals surface area contributed by atoms with Crippen LogP contribution in [0.3, 0.4) is 0 Å². The van der Waals surface area contributed by atoms with Gasteiger partial charge in [-0.2, -0.15) is 9.97 Å². The molecule has 6 aliphatic heterocycles. The third kappa shape index (κ3) is 8.21. The van der Waals surface area contributed by atoms with Gasteiger partial charge in [-0.25, -0.2) is 13.6 Å². The van der Waals surface area contributed by atoms with Gasteiger partial charge < -0.3 is 29.9 Å². The standard InChI is InChI=1S/C53H52F2N10O7/c1-4-34-38(54)15-12-30-8-5-9-35(42(30)34)45-44(55)46-37(23-57-45)47(63-25-31-13-14-32(26-63)58-31)61-51(60-46)72-28-53-19-18-33(64(53)24-29(2)22-53)27-71-52(70)62(3)21-7-20-56-39-11-6-10-36-43(39)50(69)65(49(36)68)40-16-17-41(66)59-48(40)67/h1,5-6,8-12,15,23,31-33,40,56,58H,2,7,13-14,16-22,24-28H2,3H3,(H,59,66,67)/t31?,32?,33-,40?,53-/m0/s1. The molecule has 17 nitrogen and oxygen atoms in total. The van der Waals surface area contributed by atoms with Gasteiger partial charge in [0.1, 0.15) is 42.1 Å². The molecule has 5 fully saturated rings. The summed E-state index contributed by atoms with van der Waals surface area (Å²) in [5, 5.41) is 10.5. The number of anilines is 2. The van der Waals surface area contributed by atoms with E-state index in [1.807, 2.05) is 0 Å². The quantitative estimate of drug-likeness (QED) is 0.0575. The Morgan fingerprint density at radius 1 is 1.01 bits per heavy atom. The molecule has 3 aromatic carbocycles. The van der Waals surface area contributed by atoms with Gasteiger partial charge >= 0.3 is 12.1 Å². The van der Waals surface area contributed by atoms with Gasteiger partial charge in [-0.1, -0.05) is 48.4 Å². The van der Waals surface area contributed by atoms with Crippen molar-refractivity contribution in [3.63, 3.8) is 0 Å². The zero-order valence-corrected chi connectivity index (χ0v) is 39.6. The van der Waals surface area contributed by atoms with E-state index in [1.54, 1.807) is 49.6 Å². The molecule has 72 heavy (non-hydrogen) atoms. The van der Waals surface area contributed by atoms with Crippen LogP contribution in [0.2, 0.25) is 0 Å². The lowest BCUT2D eigenvalue weighted by Crippen LogP contribution is -2.54. The Balaban J connectivity index is 0.754. The summed E-state index contributed by atoms with van der Waals surface area (Å²) >= 11 is 0. The molecule has 3 N–H and O–H groups in total. The van der Waals surface area contributed by atoms with E-state index in [4.69, 9.17) is 25.9 Å². The molecule has 0 saturated carbocycles. The number of rotatable bonds is 13. The first-order chi connectivity index (χ1) is 34.8. The molecule has 2 bridgehead atoms. The number of benzene rings is 3. The maximum Gasteiger partial charge on any atom is 0.409 e. The molecule has 5 amide bonds. The summed E-state index contributed by atoms with van der Waals surface area (Å²) in [5.74, 6) is -0.640. The van der Waals surface area contributed by atoms with Crippen LogP contribution >= 0.6 is 0 Å². The van der Waals surface area contributed by atoms with Gasteiger partial charge in [-0.15, -0.1) is 6.42 Å². The maximum atomic E-state index is 17.2. The highest BCUT2D eigenvalue weighted by Crippen LogP contribution is 2.45. The van der Waals surface area contributed by atoms with E-state index in [0.29, 0.717) is 78.8 Å². The number of nitrogens with one attached hydrogen (secondary N) is 3. The second kappa shape index (κ2) is 18.6. The van der Waals surface area contributed by atoms with Gasteiger partial charge in [0.25, 0.3) is 11.8 Å². The minimum Gasteiger partial charge on any atom is -0.461 e. The van der Waals surface area contributed by atoms with Crippen LogP contribution in [0.25, 0.3) is 32.9 Å². The number of terminal acetylenes is 1. The molecular weight excluding hydrogens is 927 g/mol. The van der Waals surface area contributed by atoms with Crippen LogP contribution in [0, 0.1) is 24.0 Å². The average Bonchev–Trinajstić information content (AvgIpc) is 4.08. The fourth-order valence-corrected chi connectivity index (χ4v) is 11.7. The van der Waals surface area contributed by atoms with E-state index < -0.39 is 52.9 Å². The number of amides is 5. The molecule has 11 rings (SSSR count). The first-order valence-electron chi connectivity index (χ1n) is 24.4. The van der Waals surface area contributed by atoms with Crippen molar-refractivity contribution in [3.8, 4) is 29.6 Å². The van der Waals surface area contributed by atoms with E-state index in [1.165, 1.54) is 17.0 Å². The molecule has 5 aromatic rings. The van der Waals surface area contributed by atoms with Crippen molar-refractivity contribution in [1.29, 1.82) is 0 Å². The highest BCUT2D eigenvalue weighted by Gasteiger charge is 2.52. The number of nitrogens with zero attached hydrogens (tertiary/aromatic N) is 7. The Morgan fingerprint density at radius 3 is 2.60 bits per heavy atom. The monoisotopic (exact) mass is 978 g/mol. The van der Waals surface area contributed by atoms with Crippen LogP contribution in [0.4, 0.5) is 25.1 Å². The number of carbonyl (C=O) groups excluding carboxylic acids is 5. The predicted octanol–water partition coefficient (Wildman–Crippen LogP) is 5.56. The number of ether oxygens (including phenoxy) is 2. The summed E-state index contributed by atoms with van der Waals surface area (Å²) in [6, 6.07) is 12.3. The average molecular weight is 979 g/mol. The number of halogens is 2. The van der Waals surface area contributed by atoms with E-state index in [-0.39, 0.29) is 78.1 Å². The van der Waals surface area contributed by atoms with Crippen molar-refractivity contribution in [2.45, 2.75) is 81.1 Å². The number of carbonyl (C=O) groups is 5. The number of fused-ring (bicyclic) bond motifs is 6. The van der Waals surface area contributed by atoms with E-state index in [0.717, 1.165) is 36.2 Å². The van der Waals surface area contributed by atoms with Crippen molar-refractivity contribution in [2.24, 2.45) is 0 Å². The van der Waals surface area contributed by atoms with E-state index in [9.17, 15) is 24.0 Å². The van der Waals surface area contributed by atoms with Crippen molar-refractivity contribution in [2.75, 3.05) is 63.2 Å². The highest BCUT2D eigenvalue weighted by molar-refractivity contribution is 6.25. The second-order valence-corrected chi connectivity index (χ2v) is 19.7. The largest absolute Gasteiger partial charge is 0.461 e. The smallest absolute Gasteiger partial charge is 0.409 e. The molecule has 19 heteroatoms. The van der Waals surface area contributed by atoms with Crippen LogP contribution in [-0.2, 0) is 14.3 Å². The molecule has 3 unspecified atom stereocenters. The summed E-state index contributed by atoms with van der Waals surface area (Å²) in [5.41, 5.74) is 1.64. The summed E-state index contributed by atoms with van der Waals surface area (Å²) in [6.07, 6.45) is 11.6. The first kappa shape index (κ1) is 46.8. The van der Waals surface area contributed by atoms with Gasteiger partial charge in [0, 0.05) is 87.2 Å². The summed E-state index contributed by atoms with van der Waals surface area (Å²) in [6.45, 7) is 7.23. The van der Waals surface area contributed by atoms with Gasteiger partial charge in [0.2, 0.25) is 11.8 Å². The van der Waals surface area contributed by atoms with Crippen LogP contribution in [0.1, 0.15) is 77.6 Å². The molecule has 370 valence electrons. The number of hydrogen-bond acceptors (Lipinski definition) is 14. The molecule has 0 radical (unpaired) electrons. The van der Waals surface area contributed by atoms with Crippen LogP contribution in [-0.4, -0.2) is 142 Å². The minimum atomic E-state index is -1.07. The lowest BCUT2D eigenvalue weighted by molar-refractivity contribution is -0.136. The predicted molar refractivity (Wildman–Crippen MR) is 262 cm³/mol. The number of pyridine rings is 1. The minimum absolute atomic E-state index is 0.0106. The van der Waals surface area contributed by atoms with Crippen LogP contribution < -0.4 is 25.6 Å². The fourth-order valence-electron chi connectivity index (χ4n) is 11.7. The SMILES string of the molecule is C#Cc1c(F)ccc2cccc(-c3ncc4c(N5CC6CCC(C5)N6)nc(OC[C@@]56CC[C@@H](COC(=O)N(C)CCCNc7cccc8c7C(=O)N(C7CCC(=O)NC7=O)C8=O)N5CC(=C)C6)nc4c3F)c12. The molecule has 0 spiro atoms. The zero-order valence-electron chi connectivity index (χ0n) is 39.6. The van der Waals surface area contributed by atoms with Gasteiger partial charge in [-0.3, -0.25) is 39.3 Å². The Labute approximate surface area is 413 Å². The van der Waals surface area contributed by atoms with Crippen molar-refractivity contribution >= 4 is 62.9 Å². The summed E-state index contributed by atoms with van der Waals surface area (Å²) < 4.78 is 44.7. The van der Waals surface area contributed by atoms with Crippen molar-refractivity contribution in [1.82, 2.24) is 40.3 Å². The molecule has 0 aliphatic carbocycles. The lowest BCUT2D eigenvalue weighted by atomic mass is 9.94. The number of hydrogen-bond donors (Lipinski definition) is 3. The Hall–Kier alpha value is -7.56. The normalized spacial score (nSPS) is 23.7. The Bertz CT molecular complexity index is 3170. The zero-order chi connectivity index (χ0) is 50.0. The van der Waals surface area contributed by atoms with Crippen molar-refractivity contribution < 1.29 is 42.2 Å². The number of piperidine rings is 1. The second-order valence-electron chi connectivity index (χ2n) is 19.7. The number of piperazine rings is 1. The topological polar surface area (TPSA) is 192 Å². The third-order valence-corrected chi connectivity index (χ3v) is 15.2. The van der Waals surface area contributed by atoms with E-state index in [2.05, 4.69) is 43.2 Å². The maximum absolute atomic E-state index is 17.2. The third-order valence-electron chi connectivity index (χ3n) is 15.2. The molecule has 5 saturated heterocycles. The van der Waals surface area contributed by atoms with E-state index >= 15 is 8.78 Å². The van der Waals surface area contributed by atoms with Crippen molar-refractivity contribution in [3.05, 3.63) is 95.2 Å².